The molecule has 1 aliphatic carbocycles. The van der Waals surface area contributed by atoms with Gasteiger partial charge < -0.3 is 19.6 Å². The van der Waals surface area contributed by atoms with Gasteiger partial charge in [0, 0.05) is 32.2 Å². The quantitative estimate of drug-likeness (QED) is 0.685. The fourth-order valence-corrected chi connectivity index (χ4v) is 2.90. The molecule has 0 bridgehead atoms. The Kier molecular flexibility index (Phi) is 5.76. The summed E-state index contributed by atoms with van der Waals surface area (Å²) in [6.07, 6.45) is 2.39. The summed E-state index contributed by atoms with van der Waals surface area (Å²) in [5.41, 5.74) is 0. The lowest BCUT2D eigenvalue weighted by molar-refractivity contribution is -0.158. The highest BCUT2D eigenvalue weighted by molar-refractivity contribution is 5.92. The molecule has 2 fully saturated rings. The van der Waals surface area contributed by atoms with Gasteiger partial charge in [0.15, 0.2) is 0 Å². The molecule has 0 radical (unpaired) electrons. The molecular weight excluding hydrogens is 288 g/mol. The van der Waals surface area contributed by atoms with Crippen LogP contribution in [0, 0.1) is 5.92 Å². The first-order valence-corrected chi connectivity index (χ1v) is 7.93. The molecule has 7 nitrogen and oxygen atoms in total. The second-order valence-corrected chi connectivity index (χ2v) is 5.80. The van der Waals surface area contributed by atoms with Crippen molar-refractivity contribution in [3.63, 3.8) is 0 Å². The van der Waals surface area contributed by atoms with E-state index in [1.165, 1.54) is 4.90 Å². The van der Waals surface area contributed by atoms with E-state index in [0.29, 0.717) is 32.8 Å². The number of hydrogen-bond donors (Lipinski definition) is 1. The van der Waals surface area contributed by atoms with E-state index in [9.17, 15) is 14.4 Å². The van der Waals surface area contributed by atoms with Crippen LogP contribution in [-0.2, 0) is 19.1 Å². The van der Waals surface area contributed by atoms with Crippen LogP contribution in [-0.4, -0.2) is 71.6 Å². The standard InChI is InChI=1S/C15H24N2O5/c1-2-22-9-8-16-6-7-17(14(20)11-4-3-5-11)12(15(16)21)10-13(18)19/h11-12H,2-10H2,1H3,(H,18,19). The molecule has 1 aliphatic heterocycles. The highest BCUT2D eigenvalue weighted by Crippen LogP contribution is 2.30. The Hall–Kier alpha value is -1.63. The molecule has 0 spiro atoms. The molecule has 0 aromatic heterocycles. The summed E-state index contributed by atoms with van der Waals surface area (Å²) in [5.74, 6) is -1.42. The smallest absolute Gasteiger partial charge is 0.305 e. The maximum atomic E-state index is 12.5. The van der Waals surface area contributed by atoms with Crippen molar-refractivity contribution < 1.29 is 24.2 Å². The lowest BCUT2D eigenvalue weighted by atomic mass is 9.83. The first-order chi connectivity index (χ1) is 10.5. The van der Waals surface area contributed by atoms with Gasteiger partial charge in [-0.3, -0.25) is 14.4 Å². The number of rotatable bonds is 7. The predicted molar refractivity (Wildman–Crippen MR) is 78.2 cm³/mol. The summed E-state index contributed by atoms with van der Waals surface area (Å²) in [6, 6.07) is -0.874. The Morgan fingerprint density at radius 3 is 2.59 bits per heavy atom. The second-order valence-electron chi connectivity index (χ2n) is 5.80. The van der Waals surface area contributed by atoms with Crippen molar-refractivity contribution in [1.29, 1.82) is 0 Å². The molecule has 2 aliphatic rings. The number of carboxylic acid groups (broad SMARTS) is 1. The van der Waals surface area contributed by atoms with Crippen LogP contribution in [0.2, 0.25) is 0 Å². The highest BCUT2D eigenvalue weighted by atomic mass is 16.5. The number of amides is 2. The third-order valence-corrected chi connectivity index (χ3v) is 4.40. The Bertz CT molecular complexity index is 436. The third-order valence-electron chi connectivity index (χ3n) is 4.40. The minimum atomic E-state index is -1.06. The Balaban J connectivity index is 2.03. The Labute approximate surface area is 130 Å². The van der Waals surface area contributed by atoms with Crippen molar-refractivity contribution in [2.75, 3.05) is 32.8 Å². The van der Waals surface area contributed by atoms with Crippen LogP contribution in [0.5, 0.6) is 0 Å². The third kappa shape index (κ3) is 3.76. The molecule has 1 unspecified atom stereocenters. The molecule has 1 heterocycles. The Morgan fingerprint density at radius 1 is 1.32 bits per heavy atom. The first-order valence-electron chi connectivity index (χ1n) is 7.93. The Morgan fingerprint density at radius 2 is 2.05 bits per heavy atom. The van der Waals surface area contributed by atoms with Gasteiger partial charge in [-0.05, 0) is 19.8 Å². The lowest BCUT2D eigenvalue weighted by Crippen LogP contribution is -2.61. The van der Waals surface area contributed by atoms with Gasteiger partial charge in [0.25, 0.3) is 0 Å². The van der Waals surface area contributed by atoms with E-state index < -0.39 is 12.0 Å². The van der Waals surface area contributed by atoms with Crippen molar-refractivity contribution in [2.45, 2.75) is 38.6 Å². The van der Waals surface area contributed by atoms with Gasteiger partial charge in [-0.2, -0.15) is 0 Å². The topological polar surface area (TPSA) is 87.2 Å². The van der Waals surface area contributed by atoms with E-state index >= 15 is 0 Å². The summed E-state index contributed by atoms with van der Waals surface area (Å²) in [7, 11) is 0. The maximum Gasteiger partial charge on any atom is 0.305 e. The van der Waals surface area contributed by atoms with Crippen molar-refractivity contribution in [2.24, 2.45) is 5.92 Å². The van der Waals surface area contributed by atoms with Crippen LogP contribution in [0.15, 0.2) is 0 Å². The number of carbonyl (C=O) groups is 3. The summed E-state index contributed by atoms with van der Waals surface area (Å²) >= 11 is 0. The highest BCUT2D eigenvalue weighted by Gasteiger charge is 2.41. The first kappa shape index (κ1) is 16.7. The molecule has 1 saturated carbocycles. The van der Waals surface area contributed by atoms with Crippen LogP contribution < -0.4 is 0 Å². The van der Waals surface area contributed by atoms with E-state index in [-0.39, 0.29) is 24.2 Å². The van der Waals surface area contributed by atoms with E-state index in [4.69, 9.17) is 9.84 Å². The van der Waals surface area contributed by atoms with Crippen molar-refractivity contribution in [3.8, 4) is 0 Å². The number of aliphatic carboxylic acids is 1. The fourth-order valence-electron chi connectivity index (χ4n) is 2.90. The predicted octanol–water partition coefficient (Wildman–Crippen LogP) is 0.337. The zero-order valence-corrected chi connectivity index (χ0v) is 13.0. The maximum absolute atomic E-state index is 12.5. The minimum Gasteiger partial charge on any atom is -0.481 e. The molecule has 2 amide bonds. The van der Waals surface area contributed by atoms with Crippen molar-refractivity contribution >= 4 is 17.8 Å². The van der Waals surface area contributed by atoms with Crippen LogP contribution in [0.25, 0.3) is 0 Å². The van der Waals surface area contributed by atoms with Gasteiger partial charge in [0.05, 0.1) is 13.0 Å². The van der Waals surface area contributed by atoms with Crippen molar-refractivity contribution in [3.05, 3.63) is 0 Å². The number of hydrogen-bond acceptors (Lipinski definition) is 4. The van der Waals surface area contributed by atoms with Gasteiger partial charge in [-0.25, -0.2) is 0 Å². The number of carboxylic acids is 1. The summed E-state index contributed by atoms with van der Waals surface area (Å²) in [4.78, 5) is 39.1. The van der Waals surface area contributed by atoms with E-state index in [2.05, 4.69) is 0 Å². The molecule has 7 heteroatoms. The molecule has 1 saturated heterocycles. The summed E-state index contributed by atoms with van der Waals surface area (Å²) in [5, 5.41) is 9.06. The summed E-state index contributed by atoms with van der Waals surface area (Å²) in [6.45, 7) is 4.18. The molecule has 0 aromatic rings. The summed E-state index contributed by atoms with van der Waals surface area (Å²) < 4.78 is 5.25. The van der Waals surface area contributed by atoms with Crippen molar-refractivity contribution in [1.82, 2.24) is 9.80 Å². The lowest BCUT2D eigenvalue weighted by Gasteiger charge is -2.42. The number of piperazine rings is 1. The minimum absolute atomic E-state index is 0.0286. The molecule has 1 N–H and O–H groups in total. The average molecular weight is 312 g/mol. The van der Waals surface area contributed by atoms with Gasteiger partial charge in [-0.15, -0.1) is 0 Å². The second kappa shape index (κ2) is 7.58. The average Bonchev–Trinajstić information content (AvgIpc) is 2.40. The normalized spacial score (nSPS) is 22.6. The zero-order chi connectivity index (χ0) is 16.1. The van der Waals surface area contributed by atoms with Crippen LogP contribution >= 0.6 is 0 Å². The molecule has 0 aromatic carbocycles. The zero-order valence-electron chi connectivity index (χ0n) is 13.0. The molecule has 22 heavy (non-hydrogen) atoms. The van der Waals surface area contributed by atoms with Crippen LogP contribution in [0.4, 0.5) is 0 Å². The number of carbonyl (C=O) groups excluding carboxylic acids is 2. The largest absolute Gasteiger partial charge is 0.481 e. The van der Waals surface area contributed by atoms with E-state index in [1.807, 2.05) is 6.92 Å². The number of ether oxygens (including phenoxy) is 1. The monoisotopic (exact) mass is 312 g/mol. The van der Waals surface area contributed by atoms with Crippen LogP contribution in [0.3, 0.4) is 0 Å². The SMILES string of the molecule is CCOCCN1CCN(C(=O)C2CCC2)C(CC(=O)O)C1=O. The van der Waals surface area contributed by atoms with E-state index in [1.54, 1.807) is 4.90 Å². The van der Waals surface area contributed by atoms with Gasteiger partial charge in [0.1, 0.15) is 6.04 Å². The molecule has 124 valence electrons. The molecule has 2 rings (SSSR count). The molecule has 1 atom stereocenters. The van der Waals surface area contributed by atoms with Gasteiger partial charge in [0.2, 0.25) is 11.8 Å². The van der Waals surface area contributed by atoms with Crippen LogP contribution in [0.1, 0.15) is 32.6 Å². The van der Waals surface area contributed by atoms with E-state index in [0.717, 1.165) is 19.3 Å². The van der Waals surface area contributed by atoms with Gasteiger partial charge >= 0.3 is 5.97 Å². The van der Waals surface area contributed by atoms with Gasteiger partial charge in [-0.1, -0.05) is 6.42 Å². The molecular formula is C15H24N2O5. The fraction of sp³-hybridized carbons (Fsp3) is 0.800. The number of nitrogens with zero attached hydrogens (tertiary/aromatic N) is 2.